The van der Waals surface area contributed by atoms with E-state index in [2.05, 4.69) is 22.6 Å². The lowest BCUT2D eigenvalue weighted by Crippen LogP contribution is -2.11. The maximum Gasteiger partial charge on any atom is 0.123 e. The molecule has 0 bridgehead atoms. The first-order valence-corrected chi connectivity index (χ1v) is 6.54. The Kier molecular flexibility index (Phi) is 4.23. The van der Waals surface area contributed by atoms with Crippen molar-refractivity contribution < 1.29 is 4.39 Å². The molecule has 17 heavy (non-hydrogen) atoms. The third-order valence-electron chi connectivity index (χ3n) is 2.42. The maximum atomic E-state index is 12.7. The van der Waals surface area contributed by atoms with Crippen molar-refractivity contribution in [1.29, 1.82) is 0 Å². The Hall–Kier alpha value is -1.26. The van der Waals surface area contributed by atoms with Gasteiger partial charge in [-0.05, 0) is 24.2 Å². The van der Waals surface area contributed by atoms with E-state index in [1.54, 1.807) is 23.5 Å². The van der Waals surface area contributed by atoms with E-state index in [1.165, 1.54) is 12.1 Å². The molecule has 4 heteroatoms. The van der Waals surface area contributed by atoms with Crippen LogP contribution < -0.4 is 5.32 Å². The maximum absolute atomic E-state index is 12.7. The van der Waals surface area contributed by atoms with E-state index < -0.39 is 0 Å². The lowest BCUT2D eigenvalue weighted by Gasteiger charge is -1.98. The summed E-state index contributed by atoms with van der Waals surface area (Å²) in [6.45, 7) is 3.84. The van der Waals surface area contributed by atoms with E-state index in [4.69, 9.17) is 0 Å². The summed E-state index contributed by atoms with van der Waals surface area (Å²) in [6, 6.07) is 6.59. The van der Waals surface area contributed by atoms with E-state index in [1.807, 2.05) is 0 Å². The molecular weight excluding hydrogens is 235 g/mol. The van der Waals surface area contributed by atoms with Crippen LogP contribution in [0.1, 0.15) is 23.2 Å². The summed E-state index contributed by atoms with van der Waals surface area (Å²) in [5.41, 5.74) is 2.17. The van der Waals surface area contributed by atoms with E-state index in [-0.39, 0.29) is 5.82 Å². The summed E-state index contributed by atoms with van der Waals surface area (Å²) in [7, 11) is 0. The van der Waals surface area contributed by atoms with E-state index >= 15 is 0 Å². The minimum atomic E-state index is -0.194. The largest absolute Gasteiger partial charge is 0.311 e. The van der Waals surface area contributed by atoms with Gasteiger partial charge in [-0.2, -0.15) is 0 Å². The summed E-state index contributed by atoms with van der Waals surface area (Å²) in [6.07, 6.45) is 0.775. The van der Waals surface area contributed by atoms with Crippen LogP contribution in [-0.4, -0.2) is 11.5 Å². The molecule has 0 fully saturated rings. The van der Waals surface area contributed by atoms with Gasteiger partial charge < -0.3 is 5.32 Å². The highest BCUT2D eigenvalue weighted by Crippen LogP contribution is 2.15. The third kappa shape index (κ3) is 3.61. The molecule has 90 valence electrons. The molecule has 0 aliphatic carbocycles. The number of aromatic nitrogens is 1. The Balaban J connectivity index is 1.98. The lowest BCUT2D eigenvalue weighted by atomic mass is 10.1. The average molecular weight is 250 g/mol. The first kappa shape index (κ1) is 12.2. The molecule has 1 aromatic carbocycles. The van der Waals surface area contributed by atoms with Crippen molar-refractivity contribution in [2.24, 2.45) is 0 Å². The highest BCUT2D eigenvalue weighted by Gasteiger charge is 2.03. The fraction of sp³-hybridized carbons (Fsp3) is 0.308. The molecule has 0 atom stereocenters. The minimum Gasteiger partial charge on any atom is -0.311 e. The molecule has 1 heterocycles. The first-order valence-electron chi connectivity index (χ1n) is 5.66. The summed E-state index contributed by atoms with van der Waals surface area (Å²) in [5, 5.41) is 6.39. The van der Waals surface area contributed by atoms with Gasteiger partial charge in [-0.25, -0.2) is 9.37 Å². The Morgan fingerprint density at radius 3 is 2.76 bits per heavy atom. The normalized spacial score (nSPS) is 10.7. The molecule has 0 spiro atoms. The van der Waals surface area contributed by atoms with Crippen molar-refractivity contribution in [2.45, 2.75) is 19.9 Å². The van der Waals surface area contributed by atoms with Crippen molar-refractivity contribution in [3.63, 3.8) is 0 Å². The van der Waals surface area contributed by atoms with Crippen LogP contribution in [0.5, 0.6) is 0 Å². The molecule has 2 aromatic rings. The number of nitrogens with zero attached hydrogens (tertiary/aromatic N) is 1. The second kappa shape index (κ2) is 5.89. The van der Waals surface area contributed by atoms with Crippen molar-refractivity contribution in [3.8, 4) is 0 Å². The predicted octanol–water partition coefficient (Wildman–Crippen LogP) is 2.98. The average Bonchev–Trinajstić information content (AvgIpc) is 2.77. The van der Waals surface area contributed by atoms with Gasteiger partial charge in [0, 0.05) is 18.3 Å². The van der Waals surface area contributed by atoms with Crippen LogP contribution in [0.25, 0.3) is 0 Å². The van der Waals surface area contributed by atoms with Gasteiger partial charge in [-0.15, -0.1) is 11.3 Å². The van der Waals surface area contributed by atoms with Crippen molar-refractivity contribution in [2.75, 3.05) is 6.54 Å². The summed E-state index contributed by atoms with van der Waals surface area (Å²) in [4.78, 5) is 4.53. The van der Waals surface area contributed by atoms with E-state index in [9.17, 15) is 4.39 Å². The van der Waals surface area contributed by atoms with Gasteiger partial charge in [-0.1, -0.05) is 19.1 Å². The second-order valence-corrected chi connectivity index (χ2v) is 4.76. The zero-order valence-corrected chi connectivity index (χ0v) is 10.6. The number of thiazole rings is 1. The molecule has 0 radical (unpaired) electrons. The SMILES string of the molecule is CCNCc1csc(Cc2ccc(F)cc2)n1. The molecular formula is C13H15FN2S. The Morgan fingerprint density at radius 2 is 2.06 bits per heavy atom. The summed E-state index contributed by atoms with van der Waals surface area (Å²) < 4.78 is 12.7. The van der Waals surface area contributed by atoms with Crippen LogP contribution in [0, 0.1) is 5.82 Å². The molecule has 0 aliphatic rings. The molecule has 0 unspecified atom stereocenters. The third-order valence-corrected chi connectivity index (χ3v) is 3.32. The standard InChI is InChI=1S/C13H15FN2S/c1-2-15-8-12-9-17-13(16-12)7-10-3-5-11(14)6-4-10/h3-6,9,15H,2,7-8H2,1H3. The predicted molar refractivity (Wildman–Crippen MR) is 68.7 cm³/mol. The van der Waals surface area contributed by atoms with Gasteiger partial charge in [0.2, 0.25) is 0 Å². The Morgan fingerprint density at radius 1 is 1.29 bits per heavy atom. The fourth-order valence-corrected chi connectivity index (χ4v) is 2.37. The molecule has 0 amide bonds. The van der Waals surface area contributed by atoms with Crippen molar-refractivity contribution in [1.82, 2.24) is 10.3 Å². The molecule has 1 aromatic heterocycles. The molecule has 2 nitrogen and oxygen atoms in total. The van der Waals surface area contributed by atoms with Gasteiger partial charge in [0.1, 0.15) is 5.82 Å². The van der Waals surface area contributed by atoms with Gasteiger partial charge in [0.05, 0.1) is 10.7 Å². The van der Waals surface area contributed by atoms with Crippen LogP contribution in [0.2, 0.25) is 0 Å². The highest BCUT2D eigenvalue weighted by molar-refractivity contribution is 7.09. The van der Waals surface area contributed by atoms with Gasteiger partial charge in [-0.3, -0.25) is 0 Å². The summed E-state index contributed by atoms with van der Waals surface area (Å²) >= 11 is 1.65. The van der Waals surface area contributed by atoms with Gasteiger partial charge in [0.15, 0.2) is 0 Å². The number of benzene rings is 1. The number of hydrogen-bond donors (Lipinski definition) is 1. The number of rotatable bonds is 5. The molecule has 0 saturated heterocycles. The number of halogens is 1. The van der Waals surface area contributed by atoms with Crippen LogP contribution in [0.15, 0.2) is 29.6 Å². The zero-order valence-electron chi connectivity index (χ0n) is 9.74. The quantitative estimate of drug-likeness (QED) is 0.882. The van der Waals surface area contributed by atoms with Crippen molar-refractivity contribution in [3.05, 3.63) is 51.7 Å². The zero-order chi connectivity index (χ0) is 12.1. The molecule has 0 saturated carbocycles. The smallest absolute Gasteiger partial charge is 0.123 e. The number of nitrogens with one attached hydrogen (secondary N) is 1. The lowest BCUT2D eigenvalue weighted by molar-refractivity contribution is 0.627. The van der Waals surface area contributed by atoms with Gasteiger partial charge >= 0.3 is 0 Å². The Labute approximate surface area is 105 Å². The van der Waals surface area contributed by atoms with Crippen LogP contribution in [0.4, 0.5) is 4.39 Å². The van der Waals surface area contributed by atoms with Gasteiger partial charge in [0.25, 0.3) is 0 Å². The first-order chi connectivity index (χ1) is 8.28. The van der Waals surface area contributed by atoms with Crippen molar-refractivity contribution >= 4 is 11.3 Å². The van der Waals surface area contributed by atoms with Crippen LogP contribution in [0.3, 0.4) is 0 Å². The number of hydrogen-bond acceptors (Lipinski definition) is 3. The monoisotopic (exact) mass is 250 g/mol. The summed E-state index contributed by atoms with van der Waals surface area (Å²) in [5.74, 6) is -0.194. The van der Waals surface area contributed by atoms with Crippen LogP contribution >= 0.6 is 11.3 Å². The van der Waals surface area contributed by atoms with E-state index in [0.717, 1.165) is 35.8 Å². The molecule has 2 rings (SSSR count). The molecule has 1 N–H and O–H groups in total. The van der Waals surface area contributed by atoms with E-state index in [0.29, 0.717) is 0 Å². The highest BCUT2D eigenvalue weighted by atomic mass is 32.1. The Bertz CT molecular complexity index is 465. The second-order valence-electron chi connectivity index (χ2n) is 3.82. The fourth-order valence-electron chi connectivity index (χ4n) is 1.54. The van der Waals surface area contributed by atoms with Crippen LogP contribution in [-0.2, 0) is 13.0 Å². The topological polar surface area (TPSA) is 24.9 Å². The molecule has 0 aliphatic heterocycles. The minimum absolute atomic E-state index is 0.194.